The Bertz CT molecular complexity index is 818. The van der Waals surface area contributed by atoms with Crippen LogP contribution in [-0.4, -0.2) is 42.1 Å². The molecule has 0 aliphatic carbocycles. The number of hydrogen-bond donors (Lipinski definition) is 2. The zero-order valence-corrected chi connectivity index (χ0v) is 15.7. The Morgan fingerprint density at radius 1 is 1.36 bits per heavy atom. The van der Waals surface area contributed by atoms with E-state index < -0.39 is 24.2 Å². The minimum absolute atomic E-state index is 0.0769. The molecule has 2 aromatic rings. The third-order valence-corrected chi connectivity index (χ3v) is 4.87. The molecule has 6 nitrogen and oxygen atoms in total. The fourth-order valence-electron chi connectivity index (χ4n) is 3.29. The second kappa shape index (κ2) is 8.22. The molecule has 0 bridgehead atoms. The maximum absolute atomic E-state index is 13.7. The Morgan fingerprint density at radius 2 is 2.07 bits per heavy atom. The topological polar surface area (TPSA) is 68.2 Å². The number of hydrogen-bond acceptors (Lipinski definition) is 4. The van der Waals surface area contributed by atoms with Gasteiger partial charge in [0.15, 0.2) is 6.04 Å². The first-order valence-corrected chi connectivity index (χ1v) is 9.11. The predicted molar refractivity (Wildman–Crippen MR) is 98.3 cm³/mol. The highest BCUT2D eigenvalue weighted by molar-refractivity contribution is 5.98. The Labute approximate surface area is 161 Å². The highest BCUT2D eigenvalue weighted by atomic mass is 19.4. The van der Waals surface area contributed by atoms with E-state index >= 15 is 0 Å². The lowest BCUT2D eigenvalue weighted by Gasteiger charge is -2.34. The molecule has 3 rings (SSSR count). The van der Waals surface area contributed by atoms with E-state index in [0.717, 1.165) is 22.2 Å². The van der Waals surface area contributed by atoms with E-state index in [2.05, 4.69) is 15.7 Å². The van der Waals surface area contributed by atoms with Crippen LogP contribution in [0.4, 0.5) is 19.0 Å². The number of aryl methyl sites for hydroxylation is 1. The summed E-state index contributed by atoms with van der Waals surface area (Å²) < 4.78 is 46.8. The second-order valence-corrected chi connectivity index (χ2v) is 6.69. The quantitative estimate of drug-likeness (QED) is 0.734. The summed E-state index contributed by atoms with van der Waals surface area (Å²) in [5.41, 5.74) is 1.93. The highest BCUT2D eigenvalue weighted by Gasteiger charge is 2.47. The second-order valence-electron chi connectivity index (χ2n) is 6.69. The molecule has 2 atom stereocenters. The molecule has 1 aromatic carbocycles. The number of nitrogens with zero attached hydrogens (tertiary/aromatic N) is 2. The number of nitrogens with one attached hydrogen (secondary N) is 2. The monoisotopic (exact) mass is 396 g/mol. The summed E-state index contributed by atoms with van der Waals surface area (Å²) in [6, 6.07) is 5.09. The first-order valence-electron chi connectivity index (χ1n) is 9.11. The van der Waals surface area contributed by atoms with Gasteiger partial charge < -0.3 is 15.4 Å². The summed E-state index contributed by atoms with van der Waals surface area (Å²) in [5, 5.41) is 9.55. The van der Waals surface area contributed by atoms with Crippen molar-refractivity contribution < 1.29 is 22.7 Å². The van der Waals surface area contributed by atoms with Crippen LogP contribution in [0, 0.1) is 0 Å². The molecule has 0 fully saturated rings. The van der Waals surface area contributed by atoms with Crippen molar-refractivity contribution in [3.05, 3.63) is 47.2 Å². The van der Waals surface area contributed by atoms with Crippen molar-refractivity contribution in [1.82, 2.24) is 15.1 Å². The van der Waals surface area contributed by atoms with E-state index in [1.165, 1.54) is 13.3 Å². The van der Waals surface area contributed by atoms with Gasteiger partial charge in [0.05, 0.1) is 18.8 Å². The minimum Gasteiger partial charge on any atom is -0.383 e. The van der Waals surface area contributed by atoms with Gasteiger partial charge in [-0.05, 0) is 17.5 Å². The molecule has 2 heterocycles. The van der Waals surface area contributed by atoms with Gasteiger partial charge in [-0.3, -0.25) is 4.79 Å². The first kappa shape index (κ1) is 20.2. The number of rotatable bonds is 6. The van der Waals surface area contributed by atoms with Crippen LogP contribution in [-0.2, 0) is 11.2 Å². The van der Waals surface area contributed by atoms with Crippen molar-refractivity contribution in [1.29, 1.82) is 0 Å². The Balaban J connectivity index is 1.92. The maximum atomic E-state index is 13.7. The van der Waals surface area contributed by atoms with Crippen LogP contribution < -0.4 is 10.6 Å². The summed E-state index contributed by atoms with van der Waals surface area (Å²) in [5.74, 6) is -0.415. The molecular formula is C19H23F3N4O2. The number of methoxy groups -OCH3 is 1. The van der Waals surface area contributed by atoms with Gasteiger partial charge in [-0.15, -0.1) is 0 Å². The summed E-state index contributed by atoms with van der Waals surface area (Å²) in [6.45, 7) is 2.57. The lowest BCUT2D eigenvalue weighted by molar-refractivity contribution is -0.173. The lowest BCUT2D eigenvalue weighted by Crippen LogP contribution is -2.36. The standard InChI is InChI=1S/C19H23F3N4O2/c1-3-12-4-6-13(7-5-12)15-10-16(19(20,21)22)26-17(25-15)14(11-24-26)18(27)23-8-9-28-2/h4-7,11,15-16,25H,3,8-10H2,1-2H3,(H,23,27)/t15-,16+/m0/s1. The molecule has 9 heteroatoms. The summed E-state index contributed by atoms with van der Waals surface area (Å²) >= 11 is 0. The van der Waals surface area contributed by atoms with Gasteiger partial charge in [0, 0.05) is 20.1 Å². The van der Waals surface area contributed by atoms with Crippen LogP contribution in [0.15, 0.2) is 30.5 Å². The normalized spacial score (nSPS) is 19.0. The van der Waals surface area contributed by atoms with Crippen molar-refractivity contribution in [2.24, 2.45) is 0 Å². The molecule has 1 amide bonds. The SMILES string of the molecule is CCc1ccc([C@@H]2C[C@H](C(F)(F)F)n3ncc(C(=O)NCCOC)c3N2)cc1. The van der Waals surface area contributed by atoms with Crippen LogP contribution in [0.2, 0.25) is 0 Å². The number of amides is 1. The van der Waals surface area contributed by atoms with Crippen LogP contribution in [0.25, 0.3) is 0 Å². The van der Waals surface area contributed by atoms with E-state index in [4.69, 9.17) is 4.74 Å². The van der Waals surface area contributed by atoms with Crippen molar-refractivity contribution in [2.75, 3.05) is 25.6 Å². The van der Waals surface area contributed by atoms with E-state index in [-0.39, 0.29) is 24.3 Å². The smallest absolute Gasteiger partial charge is 0.383 e. The number of aromatic nitrogens is 2. The van der Waals surface area contributed by atoms with Crippen LogP contribution in [0.1, 0.15) is 46.9 Å². The molecule has 1 aromatic heterocycles. The van der Waals surface area contributed by atoms with E-state index in [9.17, 15) is 18.0 Å². The Morgan fingerprint density at radius 3 is 2.68 bits per heavy atom. The van der Waals surface area contributed by atoms with Crippen LogP contribution >= 0.6 is 0 Å². The van der Waals surface area contributed by atoms with Crippen LogP contribution in [0.3, 0.4) is 0 Å². The Kier molecular flexibility index (Phi) is 5.93. The predicted octanol–water partition coefficient (Wildman–Crippen LogP) is 3.48. The number of carbonyl (C=O) groups is 1. The molecule has 0 saturated heterocycles. The van der Waals surface area contributed by atoms with Gasteiger partial charge in [-0.2, -0.15) is 18.3 Å². The van der Waals surface area contributed by atoms with Crippen molar-refractivity contribution in [3.8, 4) is 0 Å². The molecule has 0 radical (unpaired) electrons. The largest absolute Gasteiger partial charge is 0.410 e. The molecule has 0 unspecified atom stereocenters. The summed E-state index contributed by atoms with van der Waals surface area (Å²) in [6.07, 6.45) is -2.66. The van der Waals surface area contributed by atoms with Crippen molar-refractivity contribution in [3.63, 3.8) is 0 Å². The molecule has 2 N–H and O–H groups in total. The third kappa shape index (κ3) is 4.14. The average Bonchev–Trinajstić information content (AvgIpc) is 3.10. The minimum atomic E-state index is -4.48. The third-order valence-electron chi connectivity index (χ3n) is 4.87. The molecule has 1 aliphatic heterocycles. The van der Waals surface area contributed by atoms with E-state index in [0.29, 0.717) is 6.61 Å². The molecule has 152 valence electrons. The van der Waals surface area contributed by atoms with Crippen molar-refractivity contribution >= 4 is 11.7 Å². The summed E-state index contributed by atoms with van der Waals surface area (Å²) in [4.78, 5) is 12.4. The molecule has 0 saturated carbocycles. The first-order chi connectivity index (χ1) is 13.3. The zero-order chi connectivity index (χ0) is 20.3. The number of fused-ring (bicyclic) bond motifs is 1. The zero-order valence-electron chi connectivity index (χ0n) is 15.7. The number of halogens is 3. The number of benzene rings is 1. The highest BCUT2D eigenvalue weighted by Crippen LogP contribution is 2.44. The van der Waals surface area contributed by atoms with Gasteiger partial charge >= 0.3 is 6.18 Å². The molecular weight excluding hydrogens is 373 g/mol. The number of carbonyl (C=O) groups excluding carboxylic acids is 1. The Hall–Kier alpha value is -2.55. The fraction of sp³-hybridized carbons (Fsp3) is 0.474. The van der Waals surface area contributed by atoms with Crippen molar-refractivity contribution in [2.45, 2.75) is 38.0 Å². The molecule has 0 spiro atoms. The average molecular weight is 396 g/mol. The van der Waals surface area contributed by atoms with E-state index in [1.807, 2.05) is 31.2 Å². The molecule has 1 aliphatic rings. The lowest BCUT2D eigenvalue weighted by atomic mass is 9.95. The van der Waals surface area contributed by atoms with Gasteiger partial charge in [-0.1, -0.05) is 31.2 Å². The molecule has 28 heavy (non-hydrogen) atoms. The number of ether oxygens (including phenoxy) is 1. The van der Waals surface area contributed by atoms with Gasteiger partial charge in [0.25, 0.3) is 5.91 Å². The fourth-order valence-corrected chi connectivity index (χ4v) is 3.29. The van der Waals surface area contributed by atoms with Crippen LogP contribution in [0.5, 0.6) is 0 Å². The van der Waals surface area contributed by atoms with Gasteiger partial charge in [0.2, 0.25) is 0 Å². The summed E-state index contributed by atoms with van der Waals surface area (Å²) in [7, 11) is 1.50. The maximum Gasteiger partial charge on any atom is 0.410 e. The van der Waals surface area contributed by atoms with E-state index in [1.54, 1.807) is 0 Å². The van der Waals surface area contributed by atoms with Gasteiger partial charge in [0.1, 0.15) is 11.4 Å². The number of anilines is 1. The van der Waals surface area contributed by atoms with Gasteiger partial charge in [-0.25, -0.2) is 4.68 Å². The number of alkyl halides is 3.